The third kappa shape index (κ3) is 3.66. The summed E-state index contributed by atoms with van der Waals surface area (Å²) >= 11 is 0. The Balaban J connectivity index is 1.58. The van der Waals surface area contributed by atoms with Crippen LogP contribution < -0.4 is 16.1 Å². The largest absolute Gasteiger partial charge is 0.477 e. The number of carboxylic acids is 1. The zero-order valence-electron chi connectivity index (χ0n) is 16.2. The minimum absolute atomic E-state index is 0.254. The van der Waals surface area contributed by atoms with E-state index >= 15 is 0 Å². The number of pyridine rings is 2. The Bertz CT molecular complexity index is 1120. The zero-order chi connectivity index (χ0) is 20.5. The fourth-order valence-corrected chi connectivity index (χ4v) is 3.83. The van der Waals surface area contributed by atoms with Gasteiger partial charge in [-0.2, -0.15) is 0 Å². The molecular formula is C21H23N5O3. The number of piperazine rings is 1. The molecule has 0 radical (unpaired) electrons. The van der Waals surface area contributed by atoms with Crippen LogP contribution in [0.1, 0.15) is 16.1 Å². The average Bonchev–Trinajstić information content (AvgIpc) is 2.71. The van der Waals surface area contributed by atoms with Crippen LogP contribution in [0.3, 0.4) is 0 Å². The maximum atomic E-state index is 12.5. The van der Waals surface area contributed by atoms with Crippen LogP contribution in [0.4, 0.5) is 11.4 Å². The van der Waals surface area contributed by atoms with Crippen LogP contribution >= 0.6 is 0 Å². The summed E-state index contributed by atoms with van der Waals surface area (Å²) in [5.74, 6) is -1.24. The number of aromatic nitrogens is 2. The summed E-state index contributed by atoms with van der Waals surface area (Å²) in [6, 6.07) is 9.41. The van der Waals surface area contributed by atoms with Crippen molar-refractivity contribution in [2.24, 2.45) is 7.05 Å². The van der Waals surface area contributed by atoms with Gasteiger partial charge < -0.3 is 20.3 Å². The number of hydrogen-bond acceptors (Lipinski definition) is 6. The highest BCUT2D eigenvalue weighted by Gasteiger charge is 2.21. The third-order valence-corrected chi connectivity index (χ3v) is 5.39. The van der Waals surface area contributed by atoms with Gasteiger partial charge in [0.1, 0.15) is 5.56 Å². The number of benzene rings is 1. The Morgan fingerprint density at radius 1 is 1.21 bits per heavy atom. The van der Waals surface area contributed by atoms with E-state index in [4.69, 9.17) is 5.73 Å². The summed E-state index contributed by atoms with van der Waals surface area (Å²) in [5, 5.41) is 9.57. The van der Waals surface area contributed by atoms with Crippen molar-refractivity contribution < 1.29 is 9.90 Å². The van der Waals surface area contributed by atoms with Crippen LogP contribution in [0.5, 0.6) is 0 Å². The Hall–Kier alpha value is -3.39. The molecule has 150 valence electrons. The number of aryl methyl sites for hydroxylation is 1. The van der Waals surface area contributed by atoms with E-state index in [9.17, 15) is 14.7 Å². The first-order valence-corrected chi connectivity index (χ1v) is 9.47. The molecule has 0 amide bonds. The van der Waals surface area contributed by atoms with E-state index in [-0.39, 0.29) is 5.56 Å². The minimum atomic E-state index is -1.24. The van der Waals surface area contributed by atoms with Crippen molar-refractivity contribution in [2.75, 3.05) is 36.8 Å². The molecule has 0 aliphatic carbocycles. The number of carboxylic acid groups (broad SMARTS) is 1. The smallest absolute Gasteiger partial charge is 0.341 e. The molecule has 0 saturated carbocycles. The van der Waals surface area contributed by atoms with Crippen molar-refractivity contribution in [2.45, 2.75) is 6.54 Å². The number of nitrogen functional groups attached to an aromatic ring is 1. The van der Waals surface area contributed by atoms with E-state index in [1.807, 2.05) is 24.3 Å². The minimum Gasteiger partial charge on any atom is -0.477 e. The van der Waals surface area contributed by atoms with Crippen LogP contribution in [0.15, 0.2) is 47.5 Å². The van der Waals surface area contributed by atoms with E-state index in [0.717, 1.165) is 44.1 Å². The molecule has 3 aromatic rings. The van der Waals surface area contributed by atoms with Crippen molar-refractivity contribution in [1.82, 2.24) is 14.5 Å². The number of carbonyl (C=O) groups is 1. The standard InChI is InChI=1S/C21H23N5O3/c1-24-13-16(21(28)29)20(27)15-10-17(22)19(11-18(15)24)26-8-6-25(7-9-26)12-14-4-2-3-5-23-14/h2-5,10-11,13H,6-9,12,22H2,1H3,(H,28,29). The predicted octanol–water partition coefficient (Wildman–Crippen LogP) is 1.54. The molecule has 4 rings (SSSR count). The summed E-state index contributed by atoms with van der Waals surface area (Å²) in [5.41, 5.74) is 8.56. The van der Waals surface area contributed by atoms with Gasteiger partial charge >= 0.3 is 5.97 Å². The molecule has 1 aromatic carbocycles. The fraction of sp³-hybridized carbons (Fsp3) is 0.286. The average molecular weight is 393 g/mol. The second-order valence-corrected chi connectivity index (χ2v) is 7.30. The molecule has 0 unspecified atom stereocenters. The molecule has 8 nitrogen and oxygen atoms in total. The summed E-state index contributed by atoms with van der Waals surface area (Å²) < 4.78 is 1.67. The Morgan fingerprint density at radius 2 is 1.97 bits per heavy atom. The molecule has 1 aliphatic rings. The van der Waals surface area contributed by atoms with E-state index < -0.39 is 11.4 Å². The van der Waals surface area contributed by atoms with Crippen LogP contribution in [-0.4, -0.2) is 51.7 Å². The summed E-state index contributed by atoms with van der Waals surface area (Å²) in [6.45, 7) is 4.19. The van der Waals surface area contributed by atoms with E-state index in [1.165, 1.54) is 6.20 Å². The van der Waals surface area contributed by atoms with Crippen molar-refractivity contribution in [3.63, 3.8) is 0 Å². The molecular weight excluding hydrogens is 370 g/mol. The Morgan fingerprint density at radius 3 is 2.62 bits per heavy atom. The number of fused-ring (bicyclic) bond motifs is 1. The lowest BCUT2D eigenvalue weighted by molar-refractivity contribution is 0.0695. The van der Waals surface area contributed by atoms with Crippen molar-refractivity contribution in [3.8, 4) is 0 Å². The molecule has 1 aliphatic heterocycles. The molecule has 1 saturated heterocycles. The van der Waals surface area contributed by atoms with Gasteiger partial charge in [-0.25, -0.2) is 4.79 Å². The summed E-state index contributed by atoms with van der Waals surface area (Å²) in [6.07, 6.45) is 3.17. The van der Waals surface area contributed by atoms with Gasteiger partial charge in [0.25, 0.3) is 0 Å². The van der Waals surface area contributed by atoms with Crippen LogP contribution in [0, 0.1) is 0 Å². The molecule has 0 spiro atoms. The first-order chi connectivity index (χ1) is 13.9. The van der Waals surface area contributed by atoms with Crippen LogP contribution in [0.2, 0.25) is 0 Å². The lowest BCUT2D eigenvalue weighted by Crippen LogP contribution is -2.46. The number of nitrogens with zero attached hydrogens (tertiary/aromatic N) is 4. The van der Waals surface area contributed by atoms with E-state index in [0.29, 0.717) is 16.6 Å². The van der Waals surface area contributed by atoms with Crippen molar-refractivity contribution >= 4 is 28.2 Å². The van der Waals surface area contributed by atoms with Gasteiger partial charge in [0, 0.05) is 57.6 Å². The Kier molecular flexibility index (Phi) is 4.94. The molecule has 2 aromatic heterocycles. The molecule has 3 heterocycles. The molecule has 0 atom stereocenters. The Labute approximate surface area is 167 Å². The summed E-state index contributed by atoms with van der Waals surface area (Å²) in [7, 11) is 1.74. The van der Waals surface area contributed by atoms with Crippen LogP contribution in [0.25, 0.3) is 10.9 Å². The zero-order valence-corrected chi connectivity index (χ0v) is 16.2. The molecule has 3 N–H and O–H groups in total. The van der Waals surface area contributed by atoms with Gasteiger partial charge in [-0.15, -0.1) is 0 Å². The number of hydrogen-bond donors (Lipinski definition) is 2. The monoisotopic (exact) mass is 393 g/mol. The second-order valence-electron chi connectivity index (χ2n) is 7.30. The van der Waals surface area contributed by atoms with Gasteiger partial charge in [0.05, 0.1) is 22.6 Å². The third-order valence-electron chi connectivity index (χ3n) is 5.39. The van der Waals surface area contributed by atoms with Crippen LogP contribution in [-0.2, 0) is 13.6 Å². The maximum absolute atomic E-state index is 12.5. The van der Waals surface area contributed by atoms with E-state index in [2.05, 4.69) is 14.8 Å². The normalized spacial score (nSPS) is 15.0. The fourth-order valence-electron chi connectivity index (χ4n) is 3.83. The summed E-state index contributed by atoms with van der Waals surface area (Å²) in [4.78, 5) is 32.8. The quantitative estimate of drug-likeness (QED) is 0.648. The highest BCUT2D eigenvalue weighted by atomic mass is 16.4. The SMILES string of the molecule is Cn1cc(C(=O)O)c(=O)c2cc(N)c(N3CCN(Cc4ccccn4)CC3)cc21. The lowest BCUT2D eigenvalue weighted by atomic mass is 10.1. The number of rotatable bonds is 4. The van der Waals surface area contributed by atoms with Gasteiger partial charge in [-0.05, 0) is 24.3 Å². The van der Waals surface area contributed by atoms with Gasteiger partial charge in [-0.1, -0.05) is 6.07 Å². The lowest BCUT2D eigenvalue weighted by Gasteiger charge is -2.36. The molecule has 1 fully saturated rings. The highest BCUT2D eigenvalue weighted by molar-refractivity contribution is 5.95. The topological polar surface area (TPSA) is 105 Å². The predicted molar refractivity (Wildman–Crippen MR) is 112 cm³/mol. The second kappa shape index (κ2) is 7.56. The van der Waals surface area contributed by atoms with Gasteiger partial charge in [0.15, 0.2) is 0 Å². The molecule has 0 bridgehead atoms. The maximum Gasteiger partial charge on any atom is 0.341 e. The highest BCUT2D eigenvalue weighted by Crippen LogP contribution is 2.29. The number of nitrogens with two attached hydrogens (primary N) is 1. The van der Waals surface area contributed by atoms with E-state index in [1.54, 1.807) is 23.9 Å². The van der Waals surface area contributed by atoms with Gasteiger partial charge in [-0.3, -0.25) is 14.7 Å². The molecule has 8 heteroatoms. The number of anilines is 2. The first kappa shape index (κ1) is 18.9. The number of aromatic carboxylic acids is 1. The molecule has 29 heavy (non-hydrogen) atoms. The first-order valence-electron chi connectivity index (χ1n) is 9.47. The van der Waals surface area contributed by atoms with Crippen molar-refractivity contribution in [1.29, 1.82) is 0 Å². The van der Waals surface area contributed by atoms with Gasteiger partial charge in [0.2, 0.25) is 5.43 Å². The van der Waals surface area contributed by atoms with Crippen molar-refractivity contribution in [3.05, 3.63) is 64.2 Å².